The number of ether oxygens (including phenoxy) is 1. The molecule has 1 aliphatic heterocycles. The molecular weight excluding hydrogens is 492 g/mol. The molecule has 8 heteroatoms. The van der Waals surface area contributed by atoms with Crippen molar-refractivity contribution in [1.82, 2.24) is 9.55 Å². The summed E-state index contributed by atoms with van der Waals surface area (Å²) >= 11 is 0. The molecule has 0 radical (unpaired) electrons. The topological polar surface area (TPSA) is 99.9 Å². The fourth-order valence-electron chi connectivity index (χ4n) is 5.38. The number of para-hydroxylation sites is 1. The number of carbonyl (C=O) groups is 1. The van der Waals surface area contributed by atoms with Crippen LogP contribution >= 0.6 is 0 Å². The van der Waals surface area contributed by atoms with Gasteiger partial charge in [-0.05, 0) is 50.8 Å². The van der Waals surface area contributed by atoms with E-state index in [0.29, 0.717) is 37.1 Å². The van der Waals surface area contributed by atoms with Gasteiger partial charge in [-0.15, -0.1) is 0 Å². The van der Waals surface area contributed by atoms with Crippen LogP contribution in [0.4, 0.5) is 5.69 Å². The Morgan fingerprint density at radius 2 is 1.90 bits per heavy atom. The molecule has 0 fully saturated rings. The number of aliphatic hydroxyl groups is 1. The molecule has 1 aromatic heterocycles. The van der Waals surface area contributed by atoms with Crippen molar-refractivity contribution in [2.45, 2.75) is 76.9 Å². The summed E-state index contributed by atoms with van der Waals surface area (Å²) in [6, 6.07) is 9.90. The molecule has 0 saturated heterocycles. The normalized spacial score (nSPS) is 19.6. The largest absolute Gasteiger partial charge is 0.396 e. The van der Waals surface area contributed by atoms with Crippen LogP contribution in [0.5, 0.6) is 0 Å². The molecule has 4 rings (SSSR count). The van der Waals surface area contributed by atoms with E-state index in [2.05, 4.69) is 29.6 Å². The van der Waals surface area contributed by atoms with E-state index in [9.17, 15) is 9.59 Å². The predicted molar refractivity (Wildman–Crippen MR) is 154 cm³/mol. The lowest BCUT2D eigenvalue weighted by Crippen LogP contribution is -2.47. The van der Waals surface area contributed by atoms with Crippen molar-refractivity contribution in [2.24, 2.45) is 10.9 Å². The van der Waals surface area contributed by atoms with Crippen molar-refractivity contribution >= 4 is 18.2 Å². The zero-order valence-corrected chi connectivity index (χ0v) is 23.1. The fraction of sp³-hybridized carbons (Fsp3) is 0.516. The highest BCUT2D eigenvalue weighted by atomic mass is 16.5. The first-order valence-electron chi connectivity index (χ1n) is 14.3. The van der Waals surface area contributed by atoms with Crippen LogP contribution in [0.15, 0.2) is 64.0 Å². The lowest BCUT2D eigenvalue weighted by molar-refractivity contribution is -0.118. The molecule has 0 spiro atoms. The maximum absolute atomic E-state index is 13.1. The lowest BCUT2D eigenvalue weighted by Gasteiger charge is -2.39. The number of amides is 1. The zero-order chi connectivity index (χ0) is 27.7. The first-order valence-corrected chi connectivity index (χ1v) is 14.3. The number of hydrogen-bond donors (Lipinski definition) is 2. The maximum Gasteiger partial charge on any atom is 0.274 e. The highest BCUT2D eigenvalue weighted by molar-refractivity contribution is 5.93. The van der Waals surface area contributed by atoms with E-state index in [1.54, 1.807) is 0 Å². The molecule has 210 valence electrons. The van der Waals surface area contributed by atoms with Gasteiger partial charge in [-0.1, -0.05) is 62.6 Å². The number of unbranched alkanes of at least 4 members (excludes halogenated alkanes) is 6. The third kappa shape index (κ3) is 7.25. The molecule has 1 aromatic carbocycles. The molecule has 2 aliphatic rings. The molecular formula is C31H42N4O4. The molecule has 39 heavy (non-hydrogen) atoms. The van der Waals surface area contributed by atoms with E-state index in [-0.39, 0.29) is 24.0 Å². The Kier molecular flexibility index (Phi) is 10.1. The molecule has 1 aliphatic carbocycles. The number of aromatic amines is 1. The van der Waals surface area contributed by atoms with Gasteiger partial charge in [-0.25, -0.2) is 4.99 Å². The number of nitrogens with zero attached hydrogens (tertiary/aromatic N) is 3. The number of nitrogens with one attached hydrogen (secondary N) is 1. The van der Waals surface area contributed by atoms with Crippen molar-refractivity contribution in [2.75, 3.05) is 24.7 Å². The Balaban J connectivity index is 1.20. The summed E-state index contributed by atoms with van der Waals surface area (Å²) in [6.07, 6.45) is 14.1. The average molecular weight is 535 g/mol. The Morgan fingerprint density at radius 3 is 2.69 bits per heavy atom. The lowest BCUT2D eigenvalue weighted by atomic mass is 9.82. The molecule has 0 saturated carbocycles. The van der Waals surface area contributed by atoms with Crippen LogP contribution in [0.2, 0.25) is 0 Å². The third-order valence-electron chi connectivity index (χ3n) is 7.77. The van der Waals surface area contributed by atoms with Crippen molar-refractivity contribution in [3.8, 4) is 0 Å². The summed E-state index contributed by atoms with van der Waals surface area (Å²) < 4.78 is 8.24. The van der Waals surface area contributed by atoms with Gasteiger partial charge in [0, 0.05) is 38.4 Å². The quantitative estimate of drug-likeness (QED) is 0.341. The number of rotatable bonds is 15. The van der Waals surface area contributed by atoms with Crippen LogP contribution in [0, 0.1) is 5.92 Å². The predicted octanol–water partition coefficient (Wildman–Crippen LogP) is 3.60. The van der Waals surface area contributed by atoms with Gasteiger partial charge in [0.25, 0.3) is 5.56 Å². The smallest absolute Gasteiger partial charge is 0.274 e. The molecule has 1 amide bonds. The van der Waals surface area contributed by atoms with Gasteiger partial charge < -0.3 is 19.3 Å². The van der Waals surface area contributed by atoms with Gasteiger partial charge in [0.05, 0.1) is 17.2 Å². The molecule has 0 bridgehead atoms. The second-order valence-corrected chi connectivity index (χ2v) is 10.7. The molecule has 2 aromatic rings. The molecule has 2 unspecified atom stereocenters. The number of allylic oxidation sites excluding steroid dienone is 2. The number of anilines is 1. The fourth-order valence-corrected chi connectivity index (χ4v) is 5.38. The van der Waals surface area contributed by atoms with Crippen LogP contribution in [0.1, 0.15) is 64.7 Å². The average Bonchev–Trinajstić information content (AvgIpc) is 3.22. The second kappa shape index (κ2) is 13.7. The van der Waals surface area contributed by atoms with E-state index < -0.39 is 5.60 Å². The number of aliphatic hydroxyl groups excluding tert-OH is 1. The van der Waals surface area contributed by atoms with Crippen LogP contribution in [-0.4, -0.2) is 45.9 Å². The summed E-state index contributed by atoms with van der Waals surface area (Å²) in [4.78, 5) is 34.4. The van der Waals surface area contributed by atoms with Crippen molar-refractivity contribution < 1.29 is 14.6 Å². The van der Waals surface area contributed by atoms with Crippen molar-refractivity contribution in [3.05, 3.63) is 75.6 Å². The van der Waals surface area contributed by atoms with E-state index in [0.717, 1.165) is 62.8 Å². The second-order valence-electron chi connectivity index (χ2n) is 10.7. The van der Waals surface area contributed by atoms with Gasteiger partial charge in [-0.2, -0.15) is 0 Å². The van der Waals surface area contributed by atoms with E-state index in [1.165, 1.54) is 0 Å². The van der Waals surface area contributed by atoms with E-state index in [1.807, 2.05) is 52.0 Å². The third-order valence-corrected chi connectivity index (χ3v) is 7.77. The first-order chi connectivity index (χ1) is 18.9. The summed E-state index contributed by atoms with van der Waals surface area (Å²) in [7, 11) is 0. The number of benzene rings is 1. The SMILES string of the molecule is C=c1c(=O)[nH]c2n1CC1C(=CC=CC1(C)OCCCCCCC(=O)N(CCCCCCO)c1ccccc1)N=2. The Morgan fingerprint density at radius 1 is 1.15 bits per heavy atom. The molecule has 2 heterocycles. The molecule has 8 nitrogen and oxygen atoms in total. The number of imidazole rings is 1. The van der Waals surface area contributed by atoms with Crippen LogP contribution in [-0.2, 0) is 16.1 Å². The summed E-state index contributed by atoms with van der Waals surface area (Å²) in [5.74, 6) is 0.188. The Bertz CT molecular complexity index is 1330. The van der Waals surface area contributed by atoms with Crippen LogP contribution in [0.25, 0.3) is 6.58 Å². The standard InChI is InChI=1S/C31H42N4O4/c1-24-29(38)33-30-32-27-17-14-19-31(2,26(27)23-35(24)30)39-22-13-6-3-10-18-28(37)34(20-11-4-5-12-21-36)25-15-8-7-9-16-25/h7-9,14-17,19,26,36H,1,3-6,10-13,18,20-23H2,2H3,(H,32,33,38). The van der Waals surface area contributed by atoms with E-state index in [4.69, 9.17) is 9.84 Å². The number of aromatic nitrogens is 2. The Labute approximate surface area is 230 Å². The summed E-state index contributed by atoms with van der Waals surface area (Å²) in [5, 5.41) is 9.41. The first kappa shape index (κ1) is 28.8. The highest BCUT2D eigenvalue weighted by Crippen LogP contribution is 2.36. The minimum absolute atomic E-state index is 0.0148. The highest BCUT2D eigenvalue weighted by Gasteiger charge is 2.39. The number of fused-ring (bicyclic) bond motifs is 2. The van der Waals surface area contributed by atoms with Crippen LogP contribution in [0.3, 0.4) is 0 Å². The Hall–Kier alpha value is -3.23. The summed E-state index contributed by atoms with van der Waals surface area (Å²) in [5.41, 5.74) is 1.71. The van der Waals surface area contributed by atoms with E-state index >= 15 is 0 Å². The zero-order valence-electron chi connectivity index (χ0n) is 23.1. The summed E-state index contributed by atoms with van der Waals surface area (Å²) in [6.45, 7) is 8.14. The molecule has 2 atom stereocenters. The van der Waals surface area contributed by atoms with Crippen LogP contribution < -0.4 is 21.4 Å². The van der Waals surface area contributed by atoms with Gasteiger partial charge in [0.1, 0.15) is 5.35 Å². The van der Waals surface area contributed by atoms with Gasteiger partial charge >= 0.3 is 0 Å². The minimum atomic E-state index is -0.506. The number of hydrogen-bond acceptors (Lipinski definition) is 5. The number of H-pyrrole nitrogens is 1. The van der Waals surface area contributed by atoms with Gasteiger partial charge in [0.2, 0.25) is 11.5 Å². The van der Waals surface area contributed by atoms with Gasteiger partial charge in [-0.3, -0.25) is 14.6 Å². The minimum Gasteiger partial charge on any atom is -0.396 e. The monoisotopic (exact) mass is 534 g/mol. The molecule has 2 N–H and O–H groups in total. The number of carbonyl (C=O) groups excluding carboxylic acids is 1. The maximum atomic E-state index is 13.1. The van der Waals surface area contributed by atoms with Crippen molar-refractivity contribution in [3.63, 3.8) is 0 Å². The van der Waals surface area contributed by atoms with Crippen molar-refractivity contribution in [1.29, 1.82) is 0 Å². The van der Waals surface area contributed by atoms with Gasteiger partial charge in [0.15, 0.2) is 0 Å².